The van der Waals surface area contributed by atoms with Gasteiger partial charge in [0.1, 0.15) is 17.7 Å². The fraction of sp³-hybridized carbons (Fsp3) is 0.444. The standard InChI is InChI=1S/C36H43N5O6/c1-35(2,3)47-34(44)39-17-13-28(30(22-39)25-9-6-5-7-10-25)32(42)38-19-15-36(45,16-20-38)23-40-24-37-31-29(33(40)43)14-18-41(31)26-11-8-12-27(21-26)46-4/h5-12,14,18,21,24,28,30,45H,13,15-17,19-20,22-23H2,1-4H3/t28-,30+/m1/s1. The molecule has 0 saturated carbocycles. The average molecular weight is 642 g/mol. The second kappa shape index (κ2) is 12.9. The Kier molecular flexibility index (Phi) is 8.84. The van der Waals surface area contributed by atoms with Crippen LogP contribution in [-0.2, 0) is 16.1 Å². The van der Waals surface area contributed by atoms with Gasteiger partial charge in [0.25, 0.3) is 5.56 Å². The van der Waals surface area contributed by atoms with Crippen molar-refractivity contribution in [2.24, 2.45) is 5.92 Å². The Labute approximate surface area is 274 Å². The number of carbonyl (C=O) groups excluding carboxylic acids is 2. The monoisotopic (exact) mass is 641 g/mol. The van der Waals surface area contributed by atoms with Crippen LogP contribution in [0.5, 0.6) is 5.75 Å². The summed E-state index contributed by atoms with van der Waals surface area (Å²) >= 11 is 0. The van der Waals surface area contributed by atoms with E-state index in [-0.39, 0.29) is 35.9 Å². The number of aromatic nitrogens is 3. The molecule has 2 fully saturated rings. The van der Waals surface area contributed by atoms with Gasteiger partial charge in [-0.05, 0) is 63.8 Å². The smallest absolute Gasteiger partial charge is 0.410 e. The largest absolute Gasteiger partial charge is 0.497 e. The molecular formula is C36H43N5O6. The molecule has 0 unspecified atom stereocenters. The summed E-state index contributed by atoms with van der Waals surface area (Å²) in [5.74, 6) is 0.257. The minimum Gasteiger partial charge on any atom is -0.497 e. The van der Waals surface area contributed by atoms with Crippen molar-refractivity contribution >= 4 is 23.0 Å². The van der Waals surface area contributed by atoms with Crippen molar-refractivity contribution in [1.29, 1.82) is 0 Å². The molecule has 1 N–H and O–H groups in total. The third-order valence-corrected chi connectivity index (χ3v) is 9.28. The number of ether oxygens (including phenoxy) is 2. The van der Waals surface area contributed by atoms with E-state index >= 15 is 0 Å². The normalized spacial score (nSPS) is 19.9. The van der Waals surface area contributed by atoms with Gasteiger partial charge in [0, 0.05) is 50.3 Å². The van der Waals surface area contributed by atoms with E-state index in [1.54, 1.807) is 24.3 Å². The lowest BCUT2D eigenvalue weighted by Gasteiger charge is -2.43. The van der Waals surface area contributed by atoms with Gasteiger partial charge in [-0.2, -0.15) is 0 Å². The molecule has 2 amide bonds. The zero-order valence-corrected chi connectivity index (χ0v) is 27.5. The maximum atomic E-state index is 14.0. The van der Waals surface area contributed by atoms with Crippen LogP contribution in [0.2, 0.25) is 0 Å². The first kappa shape index (κ1) is 32.3. The highest BCUT2D eigenvalue weighted by atomic mass is 16.6. The Balaban J connectivity index is 1.14. The number of aliphatic hydroxyl groups is 1. The summed E-state index contributed by atoms with van der Waals surface area (Å²) in [5.41, 5.74) is 0.360. The van der Waals surface area contributed by atoms with Gasteiger partial charge >= 0.3 is 6.09 Å². The number of nitrogens with zero attached hydrogens (tertiary/aromatic N) is 5. The predicted octanol–water partition coefficient (Wildman–Crippen LogP) is 4.59. The third kappa shape index (κ3) is 6.90. The fourth-order valence-corrected chi connectivity index (χ4v) is 6.77. The molecule has 0 aliphatic carbocycles. The molecule has 2 aliphatic heterocycles. The van der Waals surface area contributed by atoms with Gasteiger partial charge in [-0.3, -0.25) is 14.2 Å². The van der Waals surface area contributed by atoms with Crippen LogP contribution in [0.1, 0.15) is 51.5 Å². The van der Waals surface area contributed by atoms with Crippen molar-refractivity contribution < 1.29 is 24.2 Å². The van der Waals surface area contributed by atoms with E-state index in [0.29, 0.717) is 62.2 Å². The molecule has 2 aromatic carbocycles. The minimum atomic E-state index is -1.16. The van der Waals surface area contributed by atoms with Gasteiger partial charge in [0.05, 0.1) is 30.3 Å². The maximum absolute atomic E-state index is 14.0. The summed E-state index contributed by atoms with van der Waals surface area (Å²) < 4.78 is 14.3. The molecule has 4 aromatic rings. The van der Waals surface area contributed by atoms with Crippen molar-refractivity contribution in [1.82, 2.24) is 23.9 Å². The first-order valence-corrected chi connectivity index (χ1v) is 16.2. The van der Waals surface area contributed by atoms with Crippen LogP contribution in [0.25, 0.3) is 16.7 Å². The topological polar surface area (TPSA) is 119 Å². The van der Waals surface area contributed by atoms with Gasteiger partial charge in [-0.15, -0.1) is 0 Å². The zero-order chi connectivity index (χ0) is 33.3. The molecule has 0 radical (unpaired) electrons. The van der Waals surface area contributed by atoms with Crippen LogP contribution in [0.4, 0.5) is 4.79 Å². The molecule has 2 saturated heterocycles. The van der Waals surface area contributed by atoms with Gasteiger partial charge in [-0.1, -0.05) is 36.4 Å². The van der Waals surface area contributed by atoms with E-state index in [2.05, 4.69) is 4.98 Å². The highest BCUT2D eigenvalue weighted by molar-refractivity contribution is 5.81. The minimum absolute atomic E-state index is 0.0314. The second-order valence-corrected chi connectivity index (χ2v) is 13.7. The van der Waals surface area contributed by atoms with Gasteiger partial charge in [0.2, 0.25) is 5.91 Å². The Morgan fingerprint density at radius 2 is 1.74 bits per heavy atom. The highest BCUT2D eigenvalue weighted by Gasteiger charge is 2.42. The van der Waals surface area contributed by atoms with Crippen LogP contribution in [-0.4, -0.2) is 85.5 Å². The van der Waals surface area contributed by atoms with Crippen LogP contribution in [0.3, 0.4) is 0 Å². The van der Waals surface area contributed by atoms with E-state index < -0.39 is 11.2 Å². The molecule has 0 spiro atoms. The Morgan fingerprint density at radius 1 is 1.00 bits per heavy atom. The summed E-state index contributed by atoms with van der Waals surface area (Å²) in [4.78, 5) is 48.5. The predicted molar refractivity (Wildman–Crippen MR) is 178 cm³/mol. The molecule has 6 rings (SSSR count). The number of benzene rings is 2. The number of hydrogen-bond acceptors (Lipinski definition) is 7. The average Bonchev–Trinajstić information content (AvgIpc) is 3.50. The van der Waals surface area contributed by atoms with E-state index in [4.69, 9.17) is 9.47 Å². The quantitative estimate of drug-likeness (QED) is 0.327. The fourth-order valence-electron chi connectivity index (χ4n) is 6.77. The molecular weight excluding hydrogens is 598 g/mol. The van der Waals surface area contributed by atoms with Gasteiger partial charge in [0.15, 0.2) is 5.65 Å². The lowest BCUT2D eigenvalue weighted by atomic mass is 9.79. The van der Waals surface area contributed by atoms with Gasteiger partial charge < -0.3 is 28.9 Å². The SMILES string of the molecule is COc1cccc(-n2ccc3c(=O)n(CC4(O)CCN(C(=O)[C@@H]5CCN(C(=O)OC(C)(C)C)C[C@H]5c5ccccc5)CC4)cnc32)c1. The summed E-state index contributed by atoms with van der Waals surface area (Å²) in [7, 11) is 1.60. The number of amides is 2. The summed E-state index contributed by atoms with van der Waals surface area (Å²) in [6, 6.07) is 19.1. The van der Waals surface area contributed by atoms with Gasteiger partial charge in [-0.25, -0.2) is 9.78 Å². The molecule has 2 aromatic heterocycles. The van der Waals surface area contributed by atoms with Crippen LogP contribution < -0.4 is 10.3 Å². The Morgan fingerprint density at radius 3 is 2.45 bits per heavy atom. The van der Waals surface area contributed by atoms with Crippen LogP contribution in [0.15, 0.2) is 78.0 Å². The molecule has 0 bridgehead atoms. The number of piperidine rings is 2. The lowest BCUT2D eigenvalue weighted by molar-refractivity contribution is -0.142. The zero-order valence-electron chi connectivity index (χ0n) is 27.5. The molecule has 47 heavy (non-hydrogen) atoms. The van der Waals surface area contributed by atoms with E-state index in [0.717, 1.165) is 11.3 Å². The molecule has 2 atom stereocenters. The third-order valence-electron chi connectivity index (χ3n) is 9.28. The van der Waals surface area contributed by atoms with Crippen molar-refractivity contribution in [3.8, 4) is 11.4 Å². The Hall–Kier alpha value is -4.64. The molecule has 11 nitrogen and oxygen atoms in total. The first-order chi connectivity index (χ1) is 22.4. The van der Waals surface area contributed by atoms with Crippen LogP contribution in [0, 0.1) is 5.92 Å². The number of rotatable bonds is 6. The summed E-state index contributed by atoms with van der Waals surface area (Å²) in [6.45, 7) is 7.20. The van der Waals surface area contributed by atoms with E-state index in [1.807, 2.05) is 84.8 Å². The molecule has 11 heteroatoms. The second-order valence-electron chi connectivity index (χ2n) is 13.7. The molecule has 4 heterocycles. The highest BCUT2D eigenvalue weighted by Crippen LogP contribution is 2.36. The summed E-state index contributed by atoms with van der Waals surface area (Å²) in [6.07, 6.45) is 4.11. The Bertz CT molecular complexity index is 1800. The van der Waals surface area contributed by atoms with Crippen molar-refractivity contribution in [3.05, 3.63) is 89.1 Å². The number of hydrogen-bond donors (Lipinski definition) is 1. The molecule has 2 aliphatic rings. The first-order valence-electron chi connectivity index (χ1n) is 16.2. The van der Waals surface area contributed by atoms with E-state index in [9.17, 15) is 19.5 Å². The molecule has 248 valence electrons. The number of fused-ring (bicyclic) bond motifs is 1. The van der Waals surface area contributed by atoms with Crippen molar-refractivity contribution in [3.63, 3.8) is 0 Å². The number of likely N-dealkylation sites (tertiary alicyclic amines) is 2. The number of methoxy groups -OCH3 is 1. The maximum Gasteiger partial charge on any atom is 0.410 e. The van der Waals surface area contributed by atoms with Crippen LogP contribution >= 0.6 is 0 Å². The number of carbonyl (C=O) groups is 2. The van der Waals surface area contributed by atoms with Crippen molar-refractivity contribution in [2.75, 3.05) is 33.3 Å². The van der Waals surface area contributed by atoms with Crippen molar-refractivity contribution in [2.45, 2.75) is 63.7 Å². The lowest BCUT2D eigenvalue weighted by Crippen LogP contribution is -2.53. The summed E-state index contributed by atoms with van der Waals surface area (Å²) in [5, 5.41) is 12.0. The van der Waals surface area contributed by atoms with E-state index in [1.165, 1.54) is 10.9 Å².